The minimum absolute atomic E-state index is 0.000767. The van der Waals surface area contributed by atoms with Gasteiger partial charge in [0.05, 0.1) is 16.3 Å². The van der Waals surface area contributed by atoms with Gasteiger partial charge >= 0.3 is 12.1 Å². The SMILES string of the molecule is O=C(CSCc1cc(-c2cccs2)on1)NCc1cccnc1.O=C(O)C(F)(F)F. The van der Waals surface area contributed by atoms with E-state index in [2.05, 4.69) is 15.5 Å². The Kier molecular flexibility index (Phi) is 8.87. The van der Waals surface area contributed by atoms with E-state index in [4.69, 9.17) is 14.4 Å². The zero-order valence-corrected chi connectivity index (χ0v) is 16.9. The molecule has 2 N–H and O–H groups in total. The lowest BCUT2D eigenvalue weighted by Gasteiger charge is -2.04. The van der Waals surface area contributed by atoms with Crippen LogP contribution < -0.4 is 5.32 Å². The number of alkyl halides is 3. The minimum Gasteiger partial charge on any atom is -0.475 e. The van der Waals surface area contributed by atoms with Crippen LogP contribution in [0.3, 0.4) is 0 Å². The highest BCUT2D eigenvalue weighted by molar-refractivity contribution is 7.99. The van der Waals surface area contributed by atoms with Gasteiger partial charge in [0.15, 0.2) is 5.76 Å². The summed E-state index contributed by atoms with van der Waals surface area (Å²) in [5, 5.41) is 16.0. The van der Waals surface area contributed by atoms with Gasteiger partial charge in [-0.3, -0.25) is 9.78 Å². The van der Waals surface area contributed by atoms with Gasteiger partial charge in [-0.1, -0.05) is 17.3 Å². The molecule has 0 aliphatic carbocycles. The lowest BCUT2D eigenvalue weighted by molar-refractivity contribution is -0.192. The molecule has 0 saturated carbocycles. The molecule has 0 atom stereocenters. The molecule has 7 nitrogen and oxygen atoms in total. The van der Waals surface area contributed by atoms with Crippen molar-refractivity contribution in [3.8, 4) is 10.6 Å². The maximum Gasteiger partial charge on any atom is 0.490 e. The molecule has 0 unspecified atom stereocenters. The van der Waals surface area contributed by atoms with Crippen LogP contribution in [0.2, 0.25) is 0 Å². The van der Waals surface area contributed by atoms with Gasteiger partial charge in [0.2, 0.25) is 5.91 Å². The van der Waals surface area contributed by atoms with E-state index in [0.717, 1.165) is 21.9 Å². The van der Waals surface area contributed by atoms with Gasteiger partial charge in [-0.2, -0.15) is 13.2 Å². The summed E-state index contributed by atoms with van der Waals surface area (Å²) in [6.07, 6.45) is -1.63. The van der Waals surface area contributed by atoms with E-state index in [1.54, 1.807) is 23.7 Å². The molecule has 0 spiro atoms. The number of nitrogens with one attached hydrogen (secondary N) is 1. The second kappa shape index (κ2) is 11.4. The zero-order valence-electron chi connectivity index (χ0n) is 15.3. The van der Waals surface area contributed by atoms with E-state index in [1.807, 2.05) is 35.7 Å². The van der Waals surface area contributed by atoms with Gasteiger partial charge < -0.3 is 14.9 Å². The number of nitrogens with zero attached hydrogens (tertiary/aromatic N) is 2. The van der Waals surface area contributed by atoms with E-state index in [-0.39, 0.29) is 5.91 Å². The Labute approximate surface area is 177 Å². The smallest absolute Gasteiger partial charge is 0.475 e. The number of rotatable bonds is 7. The summed E-state index contributed by atoms with van der Waals surface area (Å²) >= 11 is 3.13. The number of carbonyl (C=O) groups excluding carboxylic acids is 1. The molecule has 3 rings (SSSR count). The second-order valence-corrected chi connectivity index (χ2v) is 7.53. The number of aliphatic carboxylic acids is 1. The fraction of sp³-hybridized carbons (Fsp3) is 0.222. The maximum atomic E-state index is 11.8. The third kappa shape index (κ3) is 8.25. The summed E-state index contributed by atoms with van der Waals surface area (Å²) in [5.74, 6) is -0.943. The van der Waals surface area contributed by atoms with Crippen LogP contribution in [0.4, 0.5) is 13.2 Å². The molecule has 3 aromatic rings. The summed E-state index contributed by atoms with van der Waals surface area (Å²) in [5.41, 5.74) is 1.83. The fourth-order valence-corrected chi connectivity index (χ4v) is 3.33. The van der Waals surface area contributed by atoms with Gasteiger partial charge in [-0.15, -0.1) is 23.1 Å². The number of carboxylic acids is 1. The number of thiophene rings is 1. The predicted octanol–water partition coefficient (Wildman–Crippen LogP) is 3.98. The number of halogens is 3. The molecule has 0 saturated heterocycles. The highest BCUT2D eigenvalue weighted by Crippen LogP contribution is 2.26. The third-order valence-electron chi connectivity index (χ3n) is 3.26. The Balaban J connectivity index is 0.000000396. The summed E-state index contributed by atoms with van der Waals surface area (Å²) in [4.78, 5) is 25.8. The molecule has 1 amide bonds. The second-order valence-electron chi connectivity index (χ2n) is 5.59. The first-order chi connectivity index (χ1) is 14.3. The Hall–Kier alpha value is -2.86. The van der Waals surface area contributed by atoms with Crippen molar-refractivity contribution in [2.45, 2.75) is 18.5 Å². The minimum atomic E-state index is -5.08. The molecule has 0 aliphatic rings. The van der Waals surface area contributed by atoms with Crippen LogP contribution in [0.15, 0.2) is 52.6 Å². The van der Waals surface area contributed by atoms with Crippen molar-refractivity contribution < 1.29 is 32.4 Å². The molecule has 3 aromatic heterocycles. The molecule has 0 aliphatic heterocycles. The van der Waals surface area contributed by atoms with Crippen LogP contribution in [0.5, 0.6) is 0 Å². The molecular formula is C18H16F3N3O4S2. The standard InChI is InChI=1S/C16H15N3O2S2.C2HF3O2/c20-16(18-9-12-3-1-5-17-8-12)11-22-10-13-7-14(21-19-13)15-4-2-6-23-15;3-2(4,5)1(6)7/h1-8H,9-11H2,(H,18,20);(H,6,7). The van der Waals surface area contributed by atoms with E-state index in [1.165, 1.54) is 11.8 Å². The number of carbonyl (C=O) groups is 2. The zero-order chi connectivity index (χ0) is 22.0. The highest BCUT2D eigenvalue weighted by Gasteiger charge is 2.38. The van der Waals surface area contributed by atoms with Gasteiger partial charge in [0.25, 0.3) is 0 Å². The Morgan fingerprint density at radius 1 is 1.27 bits per heavy atom. The summed E-state index contributed by atoms with van der Waals surface area (Å²) in [6, 6.07) is 9.68. The molecule has 30 heavy (non-hydrogen) atoms. The van der Waals surface area contributed by atoms with Crippen molar-refractivity contribution in [3.05, 3.63) is 59.4 Å². The quantitative estimate of drug-likeness (QED) is 0.551. The first-order valence-corrected chi connectivity index (χ1v) is 10.3. The normalized spacial score (nSPS) is 10.8. The molecule has 0 bridgehead atoms. The van der Waals surface area contributed by atoms with Crippen LogP contribution >= 0.6 is 23.1 Å². The van der Waals surface area contributed by atoms with Crippen molar-refractivity contribution in [3.63, 3.8) is 0 Å². The fourth-order valence-electron chi connectivity index (χ4n) is 1.92. The van der Waals surface area contributed by atoms with Gasteiger partial charge in [-0.05, 0) is 23.1 Å². The van der Waals surface area contributed by atoms with Crippen molar-refractivity contribution in [1.29, 1.82) is 0 Å². The largest absolute Gasteiger partial charge is 0.490 e. The maximum absolute atomic E-state index is 11.8. The van der Waals surface area contributed by atoms with Gasteiger partial charge in [0, 0.05) is 30.8 Å². The third-order valence-corrected chi connectivity index (χ3v) is 5.11. The Morgan fingerprint density at radius 2 is 2.03 bits per heavy atom. The van der Waals surface area contributed by atoms with Gasteiger partial charge in [-0.25, -0.2) is 4.79 Å². The van der Waals surface area contributed by atoms with Crippen molar-refractivity contribution in [2.75, 3.05) is 5.75 Å². The van der Waals surface area contributed by atoms with Crippen LogP contribution in [-0.2, 0) is 21.9 Å². The molecule has 3 heterocycles. The average Bonchev–Trinajstić information content (AvgIpc) is 3.39. The van der Waals surface area contributed by atoms with Crippen molar-refractivity contribution >= 4 is 35.0 Å². The van der Waals surface area contributed by atoms with Crippen LogP contribution in [0, 0.1) is 0 Å². The first-order valence-electron chi connectivity index (χ1n) is 8.28. The number of thioether (sulfide) groups is 1. The van der Waals surface area contributed by atoms with E-state index < -0.39 is 12.1 Å². The summed E-state index contributed by atoms with van der Waals surface area (Å²) in [7, 11) is 0. The van der Waals surface area contributed by atoms with Crippen molar-refractivity contribution in [2.24, 2.45) is 0 Å². The Bertz CT molecular complexity index is 932. The first kappa shape index (κ1) is 23.4. The lowest BCUT2D eigenvalue weighted by atomic mass is 10.3. The summed E-state index contributed by atoms with van der Waals surface area (Å²) in [6.45, 7) is 0.500. The number of amides is 1. The molecule has 0 fully saturated rings. The number of aromatic nitrogens is 2. The average molecular weight is 459 g/mol. The number of hydrogen-bond acceptors (Lipinski definition) is 7. The number of hydrogen-bond donors (Lipinski definition) is 2. The van der Waals surface area contributed by atoms with Crippen LogP contribution in [0.1, 0.15) is 11.3 Å². The van der Waals surface area contributed by atoms with Gasteiger partial charge in [0.1, 0.15) is 0 Å². The topological polar surface area (TPSA) is 105 Å². The Morgan fingerprint density at radius 3 is 2.63 bits per heavy atom. The summed E-state index contributed by atoms with van der Waals surface area (Å²) < 4.78 is 37.0. The van der Waals surface area contributed by atoms with E-state index >= 15 is 0 Å². The van der Waals surface area contributed by atoms with Crippen LogP contribution in [-0.4, -0.2) is 39.1 Å². The van der Waals surface area contributed by atoms with E-state index in [9.17, 15) is 18.0 Å². The molecule has 160 valence electrons. The molecule has 0 aromatic carbocycles. The lowest BCUT2D eigenvalue weighted by Crippen LogP contribution is -2.24. The van der Waals surface area contributed by atoms with Crippen LogP contribution in [0.25, 0.3) is 10.6 Å². The van der Waals surface area contributed by atoms with E-state index in [0.29, 0.717) is 18.1 Å². The monoisotopic (exact) mass is 459 g/mol. The van der Waals surface area contributed by atoms with Crippen molar-refractivity contribution in [1.82, 2.24) is 15.5 Å². The number of carboxylic acid groups (broad SMARTS) is 1. The molecule has 12 heteroatoms. The molecular weight excluding hydrogens is 443 g/mol. The molecule has 0 radical (unpaired) electrons. The number of pyridine rings is 1. The highest BCUT2D eigenvalue weighted by atomic mass is 32.2. The predicted molar refractivity (Wildman–Crippen MR) is 106 cm³/mol.